The van der Waals surface area contributed by atoms with Gasteiger partial charge in [0.15, 0.2) is 0 Å². The highest BCUT2D eigenvalue weighted by Gasteiger charge is 2.05. The molecule has 0 aliphatic carbocycles. The number of primary sulfonamides is 1. The van der Waals surface area contributed by atoms with Crippen LogP contribution < -0.4 is 10.5 Å². The van der Waals surface area contributed by atoms with Crippen molar-refractivity contribution in [2.24, 2.45) is 5.14 Å². The summed E-state index contributed by atoms with van der Waals surface area (Å²) in [5.41, 5.74) is 1.18. The fourth-order valence-corrected chi connectivity index (χ4v) is 1.91. The number of benzene rings is 1. The number of hydrogen-bond donors (Lipinski definition) is 2. The second-order valence-corrected chi connectivity index (χ2v) is 5.11. The third-order valence-corrected chi connectivity index (χ3v) is 2.64. The lowest BCUT2D eigenvalue weighted by molar-refractivity contribution is -0.111. The number of carbonyl (C=O) groups excluding carboxylic acids is 1. The standard InChI is InChI=1S/C11H14N2O3S/c1-2-3-11(14)13-10-6-4-9(5-7-10)8-17(12,15)16/h2-7H,8H2,1H3,(H,13,14)(H2,12,15,16)/b3-2+. The van der Waals surface area contributed by atoms with Crippen LogP contribution in [0.1, 0.15) is 12.5 Å². The SMILES string of the molecule is C/C=C/C(=O)Nc1ccc(CS(N)(=O)=O)cc1. The second-order valence-electron chi connectivity index (χ2n) is 3.49. The van der Waals surface area contributed by atoms with E-state index < -0.39 is 10.0 Å². The normalized spacial score (nSPS) is 11.6. The van der Waals surface area contributed by atoms with Crippen LogP contribution >= 0.6 is 0 Å². The third kappa shape index (κ3) is 5.28. The summed E-state index contributed by atoms with van der Waals surface area (Å²) >= 11 is 0. The molecule has 1 amide bonds. The van der Waals surface area contributed by atoms with Gasteiger partial charge in [-0.1, -0.05) is 18.2 Å². The Bertz CT molecular complexity index is 518. The molecule has 0 saturated carbocycles. The molecule has 0 aliphatic rings. The molecule has 92 valence electrons. The number of nitrogens with one attached hydrogen (secondary N) is 1. The van der Waals surface area contributed by atoms with Gasteiger partial charge in [-0.15, -0.1) is 0 Å². The van der Waals surface area contributed by atoms with Gasteiger partial charge in [0, 0.05) is 5.69 Å². The maximum absolute atomic E-state index is 11.2. The maximum atomic E-state index is 11.2. The monoisotopic (exact) mass is 254 g/mol. The lowest BCUT2D eigenvalue weighted by atomic mass is 10.2. The molecule has 1 aromatic rings. The molecule has 0 spiro atoms. The smallest absolute Gasteiger partial charge is 0.248 e. The van der Waals surface area contributed by atoms with Crippen LogP contribution in [0.25, 0.3) is 0 Å². The van der Waals surface area contributed by atoms with E-state index in [1.165, 1.54) is 6.08 Å². The van der Waals surface area contributed by atoms with E-state index in [1.54, 1.807) is 37.3 Å². The molecule has 1 rings (SSSR count). The van der Waals surface area contributed by atoms with Gasteiger partial charge >= 0.3 is 0 Å². The van der Waals surface area contributed by atoms with Crippen LogP contribution in [0.15, 0.2) is 36.4 Å². The average Bonchev–Trinajstić information content (AvgIpc) is 2.19. The quantitative estimate of drug-likeness (QED) is 0.785. The lowest BCUT2D eigenvalue weighted by Crippen LogP contribution is -2.14. The van der Waals surface area contributed by atoms with Gasteiger partial charge in [-0.3, -0.25) is 4.79 Å². The maximum Gasteiger partial charge on any atom is 0.248 e. The van der Waals surface area contributed by atoms with Gasteiger partial charge in [-0.2, -0.15) is 0 Å². The van der Waals surface area contributed by atoms with E-state index in [1.807, 2.05) is 0 Å². The number of allylic oxidation sites excluding steroid dienone is 1. The Morgan fingerprint density at radius 2 is 1.94 bits per heavy atom. The van der Waals surface area contributed by atoms with Gasteiger partial charge < -0.3 is 5.32 Å². The lowest BCUT2D eigenvalue weighted by Gasteiger charge is -2.03. The molecular formula is C11H14N2O3S. The summed E-state index contributed by atoms with van der Waals surface area (Å²) in [5, 5.41) is 7.55. The van der Waals surface area contributed by atoms with Crippen molar-refractivity contribution in [3.05, 3.63) is 42.0 Å². The Morgan fingerprint density at radius 3 is 2.41 bits per heavy atom. The summed E-state index contributed by atoms with van der Waals surface area (Å²) < 4.78 is 21.7. The van der Waals surface area contributed by atoms with Crippen molar-refractivity contribution in [3.63, 3.8) is 0 Å². The third-order valence-electron chi connectivity index (χ3n) is 1.91. The fraction of sp³-hybridized carbons (Fsp3) is 0.182. The minimum atomic E-state index is -3.52. The molecule has 0 unspecified atom stereocenters. The van der Waals surface area contributed by atoms with Crippen molar-refractivity contribution in [1.82, 2.24) is 0 Å². The summed E-state index contributed by atoms with van der Waals surface area (Å²) in [6, 6.07) is 6.47. The largest absolute Gasteiger partial charge is 0.323 e. The van der Waals surface area contributed by atoms with Crippen LogP contribution in [0.4, 0.5) is 5.69 Å². The second kappa shape index (κ2) is 5.60. The predicted molar refractivity (Wildman–Crippen MR) is 66.7 cm³/mol. The van der Waals surface area contributed by atoms with E-state index in [0.717, 1.165) is 0 Å². The van der Waals surface area contributed by atoms with Gasteiger partial charge in [0.25, 0.3) is 0 Å². The molecule has 0 bridgehead atoms. The number of amides is 1. The highest BCUT2D eigenvalue weighted by atomic mass is 32.2. The number of nitrogens with two attached hydrogens (primary N) is 1. The molecule has 0 heterocycles. The van der Waals surface area contributed by atoms with Crippen LogP contribution in [0.2, 0.25) is 0 Å². The van der Waals surface area contributed by atoms with Crippen LogP contribution in [0.3, 0.4) is 0 Å². The first kappa shape index (κ1) is 13.4. The molecule has 1 aromatic carbocycles. The van der Waals surface area contributed by atoms with E-state index in [9.17, 15) is 13.2 Å². The van der Waals surface area contributed by atoms with Gasteiger partial charge in [-0.05, 0) is 30.7 Å². The molecule has 5 nitrogen and oxygen atoms in total. The molecule has 0 aromatic heterocycles. The first-order valence-electron chi connectivity index (χ1n) is 4.94. The highest BCUT2D eigenvalue weighted by Crippen LogP contribution is 2.11. The number of anilines is 1. The van der Waals surface area contributed by atoms with Gasteiger partial charge in [0.2, 0.25) is 15.9 Å². The minimum absolute atomic E-state index is 0.212. The van der Waals surface area contributed by atoms with E-state index in [4.69, 9.17) is 5.14 Å². The van der Waals surface area contributed by atoms with E-state index in [0.29, 0.717) is 11.3 Å². The molecule has 0 aliphatic heterocycles. The first-order valence-corrected chi connectivity index (χ1v) is 6.65. The zero-order valence-electron chi connectivity index (χ0n) is 9.38. The minimum Gasteiger partial charge on any atom is -0.323 e. The topological polar surface area (TPSA) is 89.3 Å². The molecule has 0 atom stereocenters. The molecule has 0 fully saturated rings. The Hall–Kier alpha value is -1.66. The Kier molecular flexibility index (Phi) is 4.42. The van der Waals surface area contributed by atoms with Gasteiger partial charge in [0.1, 0.15) is 0 Å². The first-order chi connectivity index (χ1) is 7.90. The predicted octanol–water partition coefficient (Wildman–Crippen LogP) is 0.990. The summed E-state index contributed by atoms with van der Waals surface area (Å²) in [4.78, 5) is 11.2. The van der Waals surface area contributed by atoms with Crippen molar-refractivity contribution >= 4 is 21.6 Å². The Balaban J connectivity index is 2.72. The van der Waals surface area contributed by atoms with Gasteiger partial charge in [0.05, 0.1) is 5.75 Å². The molecule has 0 radical (unpaired) electrons. The van der Waals surface area contributed by atoms with Crippen LogP contribution in [0.5, 0.6) is 0 Å². The Labute approximate surface area is 100 Å². The van der Waals surface area contributed by atoms with Crippen molar-refractivity contribution in [2.75, 3.05) is 5.32 Å². The van der Waals surface area contributed by atoms with E-state index >= 15 is 0 Å². The molecule has 0 saturated heterocycles. The van der Waals surface area contributed by atoms with Crippen LogP contribution in [-0.2, 0) is 20.6 Å². The molecule has 17 heavy (non-hydrogen) atoms. The highest BCUT2D eigenvalue weighted by molar-refractivity contribution is 7.88. The van der Waals surface area contributed by atoms with E-state index in [2.05, 4.69) is 5.32 Å². The molecular weight excluding hydrogens is 240 g/mol. The van der Waals surface area contributed by atoms with Crippen LogP contribution in [-0.4, -0.2) is 14.3 Å². The number of sulfonamides is 1. The average molecular weight is 254 g/mol. The number of rotatable bonds is 4. The summed E-state index contributed by atoms with van der Waals surface area (Å²) in [6.07, 6.45) is 3.03. The molecule has 6 heteroatoms. The van der Waals surface area contributed by atoms with Crippen molar-refractivity contribution in [2.45, 2.75) is 12.7 Å². The number of hydrogen-bond acceptors (Lipinski definition) is 3. The zero-order chi connectivity index (χ0) is 12.9. The fourth-order valence-electron chi connectivity index (χ4n) is 1.25. The summed E-state index contributed by atoms with van der Waals surface area (Å²) in [7, 11) is -3.52. The van der Waals surface area contributed by atoms with Gasteiger partial charge in [-0.25, -0.2) is 13.6 Å². The van der Waals surface area contributed by atoms with E-state index in [-0.39, 0.29) is 11.7 Å². The Morgan fingerprint density at radius 1 is 1.35 bits per heavy atom. The zero-order valence-corrected chi connectivity index (χ0v) is 10.2. The molecule has 3 N–H and O–H groups in total. The summed E-state index contributed by atoms with van der Waals surface area (Å²) in [5.74, 6) is -0.442. The van der Waals surface area contributed by atoms with Crippen molar-refractivity contribution < 1.29 is 13.2 Å². The van der Waals surface area contributed by atoms with Crippen molar-refractivity contribution in [3.8, 4) is 0 Å². The number of carbonyl (C=O) groups is 1. The summed E-state index contributed by atoms with van der Waals surface area (Å²) in [6.45, 7) is 1.74. The van der Waals surface area contributed by atoms with Crippen LogP contribution in [0, 0.1) is 0 Å². The van der Waals surface area contributed by atoms with Crippen molar-refractivity contribution in [1.29, 1.82) is 0 Å².